The molecule has 0 fully saturated rings. The van der Waals surface area contributed by atoms with Gasteiger partial charge in [0.15, 0.2) is 0 Å². The zero-order chi connectivity index (χ0) is 14.4. The SMILES string of the molecule is CCC(O)CN(Cc1ccccc1)Cc1csc(C)n1. The Morgan fingerprint density at radius 2 is 2.00 bits per heavy atom. The largest absolute Gasteiger partial charge is 0.392 e. The highest BCUT2D eigenvalue weighted by atomic mass is 32.1. The summed E-state index contributed by atoms with van der Waals surface area (Å²) in [4.78, 5) is 6.78. The summed E-state index contributed by atoms with van der Waals surface area (Å²) in [6.07, 6.45) is 0.500. The Labute approximate surface area is 124 Å². The van der Waals surface area contributed by atoms with Crippen LogP contribution in [0.5, 0.6) is 0 Å². The summed E-state index contributed by atoms with van der Waals surface area (Å²) in [6.45, 7) is 6.35. The fourth-order valence-corrected chi connectivity index (χ4v) is 2.77. The van der Waals surface area contributed by atoms with Crippen LogP contribution in [0.1, 0.15) is 29.6 Å². The van der Waals surface area contributed by atoms with E-state index in [0.29, 0.717) is 6.54 Å². The predicted octanol–water partition coefficient (Wildman–Crippen LogP) is 3.22. The molecule has 0 bridgehead atoms. The van der Waals surface area contributed by atoms with Crippen LogP contribution < -0.4 is 0 Å². The Balaban J connectivity index is 2.03. The van der Waals surface area contributed by atoms with E-state index in [4.69, 9.17) is 0 Å². The molecule has 1 unspecified atom stereocenters. The van der Waals surface area contributed by atoms with Gasteiger partial charge >= 0.3 is 0 Å². The maximum absolute atomic E-state index is 9.93. The lowest BCUT2D eigenvalue weighted by molar-refractivity contribution is 0.101. The van der Waals surface area contributed by atoms with E-state index in [-0.39, 0.29) is 6.10 Å². The summed E-state index contributed by atoms with van der Waals surface area (Å²) >= 11 is 1.68. The van der Waals surface area contributed by atoms with Crippen molar-refractivity contribution in [3.8, 4) is 0 Å². The molecule has 0 saturated heterocycles. The van der Waals surface area contributed by atoms with E-state index < -0.39 is 0 Å². The van der Waals surface area contributed by atoms with Gasteiger partial charge in [0, 0.05) is 25.0 Å². The second kappa shape index (κ2) is 7.53. The van der Waals surface area contributed by atoms with Gasteiger partial charge in [0.25, 0.3) is 0 Å². The second-order valence-electron chi connectivity index (χ2n) is 5.08. The maximum Gasteiger partial charge on any atom is 0.0897 e. The van der Waals surface area contributed by atoms with Crippen molar-refractivity contribution in [1.29, 1.82) is 0 Å². The van der Waals surface area contributed by atoms with E-state index in [1.54, 1.807) is 11.3 Å². The first-order chi connectivity index (χ1) is 9.67. The molecule has 1 aromatic carbocycles. The van der Waals surface area contributed by atoms with Gasteiger partial charge < -0.3 is 5.11 Å². The smallest absolute Gasteiger partial charge is 0.0897 e. The molecule has 0 aliphatic heterocycles. The molecule has 1 heterocycles. The third kappa shape index (κ3) is 4.71. The van der Waals surface area contributed by atoms with Crippen molar-refractivity contribution in [3.05, 3.63) is 52.0 Å². The molecule has 0 aliphatic rings. The fraction of sp³-hybridized carbons (Fsp3) is 0.438. The number of aliphatic hydroxyl groups excluding tert-OH is 1. The van der Waals surface area contributed by atoms with Crippen LogP contribution in [0, 0.1) is 6.92 Å². The lowest BCUT2D eigenvalue weighted by Crippen LogP contribution is -2.31. The first kappa shape index (κ1) is 15.2. The number of thiazole rings is 1. The van der Waals surface area contributed by atoms with Gasteiger partial charge in [-0.3, -0.25) is 4.90 Å². The van der Waals surface area contributed by atoms with Crippen LogP contribution in [0.15, 0.2) is 35.7 Å². The molecular formula is C16H22N2OS. The summed E-state index contributed by atoms with van der Waals surface area (Å²) in [7, 11) is 0. The number of benzene rings is 1. The van der Waals surface area contributed by atoms with Crippen LogP contribution in [0.25, 0.3) is 0 Å². The Morgan fingerprint density at radius 3 is 2.60 bits per heavy atom. The predicted molar refractivity (Wildman–Crippen MR) is 83.7 cm³/mol. The third-order valence-corrected chi connectivity index (χ3v) is 4.06. The average Bonchev–Trinajstić information content (AvgIpc) is 2.85. The molecule has 0 spiro atoms. The molecule has 1 atom stereocenters. The van der Waals surface area contributed by atoms with Crippen LogP contribution in [0.4, 0.5) is 0 Å². The van der Waals surface area contributed by atoms with Crippen molar-refractivity contribution in [3.63, 3.8) is 0 Å². The lowest BCUT2D eigenvalue weighted by Gasteiger charge is -2.24. The molecule has 0 saturated carbocycles. The van der Waals surface area contributed by atoms with E-state index in [1.165, 1.54) is 5.56 Å². The molecule has 20 heavy (non-hydrogen) atoms. The average molecular weight is 290 g/mol. The summed E-state index contributed by atoms with van der Waals surface area (Å²) in [5.41, 5.74) is 2.36. The highest BCUT2D eigenvalue weighted by molar-refractivity contribution is 7.09. The number of aromatic nitrogens is 1. The molecule has 0 radical (unpaired) electrons. The molecule has 2 rings (SSSR count). The molecule has 0 aliphatic carbocycles. The Kier molecular flexibility index (Phi) is 5.71. The molecule has 4 heteroatoms. The number of aryl methyl sites for hydroxylation is 1. The van der Waals surface area contributed by atoms with Crippen molar-refractivity contribution in [2.45, 2.75) is 39.5 Å². The molecule has 2 aromatic rings. The lowest BCUT2D eigenvalue weighted by atomic mass is 10.2. The molecule has 0 amide bonds. The zero-order valence-electron chi connectivity index (χ0n) is 12.1. The van der Waals surface area contributed by atoms with Crippen molar-refractivity contribution >= 4 is 11.3 Å². The standard InChI is InChI=1S/C16H22N2OS/c1-3-16(19)11-18(9-14-7-5-4-6-8-14)10-15-12-20-13(2)17-15/h4-8,12,16,19H,3,9-11H2,1-2H3. The van der Waals surface area contributed by atoms with E-state index in [2.05, 4.69) is 39.5 Å². The normalized spacial score (nSPS) is 12.8. The van der Waals surface area contributed by atoms with Crippen molar-refractivity contribution in [2.75, 3.05) is 6.54 Å². The number of nitrogens with zero attached hydrogens (tertiary/aromatic N) is 2. The van der Waals surface area contributed by atoms with Gasteiger partial charge in [0.2, 0.25) is 0 Å². The molecule has 1 N–H and O–H groups in total. The number of rotatable bonds is 7. The monoisotopic (exact) mass is 290 g/mol. The number of aliphatic hydroxyl groups is 1. The van der Waals surface area contributed by atoms with Crippen LogP contribution >= 0.6 is 11.3 Å². The second-order valence-corrected chi connectivity index (χ2v) is 6.14. The maximum atomic E-state index is 9.93. The summed E-state index contributed by atoms with van der Waals surface area (Å²) in [5.74, 6) is 0. The number of hydrogen-bond donors (Lipinski definition) is 1. The topological polar surface area (TPSA) is 36.4 Å². The quantitative estimate of drug-likeness (QED) is 0.850. The Morgan fingerprint density at radius 1 is 1.25 bits per heavy atom. The highest BCUT2D eigenvalue weighted by Gasteiger charge is 2.13. The first-order valence-electron chi connectivity index (χ1n) is 7.02. The number of hydrogen-bond acceptors (Lipinski definition) is 4. The van der Waals surface area contributed by atoms with Crippen LogP contribution in [0.2, 0.25) is 0 Å². The first-order valence-corrected chi connectivity index (χ1v) is 7.90. The van der Waals surface area contributed by atoms with E-state index in [9.17, 15) is 5.11 Å². The summed E-state index contributed by atoms with van der Waals surface area (Å²) in [5, 5.41) is 13.1. The van der Waals surface area contributed by atoms with Crippen LogP contribution in [-0.4, -0.2) is 27.6 Å². The molecular weight excluding hydrogens is 268 g/mol. The van der Waals surface area contributed by atoms with Crippen molar-refractivity contribution in [1.82, 2.24) is 9.88 Å². The van der Waals surface area contributed by atoms with Crippen LogP contribution in [0.3, 0.4) is 0 Å². The van der Waals surface area contributed by atoms with Gasteiger partial charge in [0.05, 0.1) is 16.8 Å². The van der Waals surface area contributed by atoms with Gasteiger partial charge in [-0.15, -0.1) is 11.3 Å². The summed E-state index contributed by atoms with van der Waals surface area (Å²) < 4.78 is 0. The summed E-state index contributed by atoms with van der Waals surface area (Å²) in [6, 6.07) is 10.4. The minimum absolute atomic E-state index is 0.279. The third-order valence-electron chi connectivity index (χ3n) is 3.24. The van der Waals surface area contributed by atoms with Gasteiger partial charge in [-0.05, 0) is 18.9 Å². The minimum atomic E-state index is -0.279. The van der Waals surface area contributed by atoms with E-state index >= 15 is 0 Å². The molecule has 3 nitrogen and oxygen atoms in total. The Bertz CT molecular complexity index is 512. The fourth-order valence-electron chi connectivity index (χ4n) is 2.16. The van der Waals surface area contributed by atoms with Gasteiger partial charge in [-0.25, -0.2) is 4.98 Å². The van der Waals surface area contributed by atoms with Gasteiger partial charge in [0.1, 0.15) is 0 Å². The zero-order valence-corrected chi connectivity index (χ0v) is 12.9. The molecule has 108 valence electrons. The van der Waals surface area contributed by atoms with Gasteiger partial charge in [-0.1, -0.05) is 37.3 Å². The van der Waals surface area contributed by atoms with Gasteiger partial charge in [-0.2, -0.15) is 0 Å². The molecule has 1 aromatic heterocycles. The Hall–Kier alpha value is -1.23. The minimum Gasteiger partial charge on any atom is -0.392 e. The van der Waals surface area contributed by atoms with Crippen LogP contribution in [-0.2, 0) is 13.1 Å². The highest BCUT2D eigenvalue weighted by Crippen LogP contribution is 2.14. The van der Waals surface area contributed by atoms with E-state index in [0.717, 1.165) is 30.2 Å². The van der Waals surface area contributed by atoms with Crippen molar-refractivity contribution < 1.29 is 5.11 Å². The van der Waals surface area contributed by atoms with E-state index in [1.807, 2.05) is 19.9 Å². The van der Waals surface area contributed by atoms with Crippen molar-refractivity contribution in [2.24, 2.45) is 0 Å².